The van der Waals surface area contributed by atoms with Crippen LogP contribution in [-0.2, 0) is 20.4 Å². The minimum atomic E-state index is -0.352. The summed E-state index contributed by atoms with van der Waals surface area (Å²) < 4.78 is 4.98. The highest BCUT2D eigenvalue weighted by Gasteiger charge is 2.34. The molecule has 1 aromatic rings. The van der Waals surface area contributed by atoms with Crippen molar-refractivity contribution in [2.24, 2.45) is 11.8 Å². The minimum Gasteiger partial charge on any atom is -0.507 e. The third-order valence-corrected chi connectivity index (χ3v) is 6.11. The molecule has 1 aromatic carbocycles. The summed E-state index contributed by atoms with van der Waals surface area (Å²) in [4.78, 5) is 11.7. The summed E-state index contributed by atoms with van der Waals surface area (Å²) in [5.74, 6) is 0.728. The first kappa shape index (κ1) is 22.3. The summed E-state index contributed by atoms with van der Waals surface area (Å²) in [6.45, 7) is 19.4. The van der Waals surface area contributed by atoms with Gasteiger partial charge < -0.3 is 9.84 Å². The van der Waals surface area contributed by atoms with Crippen molar-refractivity contribution < 1.29 is 14.6 Å². The van der Waals surface area contributed by atoms with Crippen molar-refractivity contribution in [3.8, 4) is 5.75 Å². The van der Waals surface area contributed by atoms with Gasteiger partial charge in [0, 0.05) is 17.2 Å². The zero-order chi connectivity index (χ0) is 20.3. The fraction of sp³-hybridized carbons (Fsp3) is 0.609. The minimum absolute atomic E-state index is 0.195. The summed E-state index contributed by atoms with van der Waals surface area (Å²) in [6, 6.07) is 3.98. The Morgan fingerprint density at radius 1 is 1.04 bits per heavy atom. The van der Waals surface area contributed by atoms with E-state index in [1.54, 1.807) is 13.0 Å². The van der Waals surface area contributed by atoms with Crippen LogP contribution < -0.4 is 0 Å². The zero-order valence-electron chi connectivity index (χ0n) is 17.9. The van der Waals surface area contributed by atoms with Gasteiger partial charge in [-0.05, 0) is 53.4 Å². The van der Waals surface area contributed by atoms with E-state index in [0.29, 0.717) is 24.2 Å². The van der Waals surface area contributed by atoms with E-state index >= 15 is 0 Å². The maximum atomic E-state index is 11.7. The van der Waals surface area contributed by atoms with E-state index in [1.807, 2.05) is 12.1 Å². The molecule has 0 radical (unpaired) electrons. The van der Waals surface area contributed by atoms with E-state index in [2.05, 4.69) is 55.4 Å². The van der Waals surface area contributed by atoms with Crippen molar-refractivity contribution in [2.75, 3.05) is 6.61 Å². The Balaban J connectivity index is 3.61. The van der Waals surface area contributed by atoms with Gasteiger partial charge in [-0.2, -0.15) is 0 Å². The summed E-state index contributed by atoms with van der Waals surface area (Å²) in [5, 5.41) is 11.1. The first-order valence-electron chi connectivity index (χ1n) is 9.58. The predicted octanol–water partition coefficient (Wildman–Crippen LogP) is 5.84. The first-order valence-corrected chi connectivity index (χ1v) is 9.58. The lowest BCUT2D eigenvalue weighted by atomic mass is 9.69. The van der Waals surface area contributed by atoms with Gasteiger partial charge in [-0.25, -0.2) is 4.79 Å². The molecule has 0 spiro atoms. The quantitative estimate of drug-likeness (QED) is 0.491. The zero-order valence-corrected chi connectivity index (χ0v) is 17.9. The lowest BCUT2D eigenvalue weighted by Crippen LogP contribution is -2.28. The summed E-state index contributed by atoms with van der Waals surface area (Å²) in [5.41, 5.74) is 2.35. The lowest BCUT2D eigenvalue weighted by molar-refractivity contribution is -0.137. The summed E-state index contributed by atoms with van der Waals surface area (Å²) >= 11 is 0. The Bertz CT molecular complexity index is 623. The van der Waals surface area contributed by atoms with Crippen LogP contribution in [0.4, 0.5) is 0 Å². The molecule has 1 rings (SSSR count). The van der Waals surface area contributed by atoms with Crippen LogP contribution in [0.3, 0.4) is 0 Å². The molecule has 3 heteroatoms. The van der Waals surface area contributed by atoms with Gasteiger partial charge in [0.05, 0.1) is 6.61 Å². The normalized spacial score (nSPS) is 13.0. The average Bonchev–Trinajstić information content (AvgIpc) is 2.53. The largest absolute Gasteiger partial charge is 0.507 e. The van der Waals surface area contributed by atoms with Gasteiger partial charge in [-0.3, -0.25) is 0 Å². The van der Waals surface area contributed by atoms with Crippen molar-refractivity contribution in [1.29, 1.82) is 0 Å². The number of esters is 1. The number of rotatable bonds is 7. The number of ether oxygens (including phenoxy) is 1. The topological polar surface area (TPSA) is 46.5 Å². The number of phenols is 1. The van der Waals surface area contributed by atoms with Gasteiger partial charge >= 0.3 is 5.97 Å². The van der Waals surface area contributed by atoms with Gasteiger partial charge in [-0.15, -0.1) is 0 Å². The molecule has 0 aliphatic carbocycles. The predicted molar refractivity (Wildman–Crippen MR) is 110 cm³/mol. The molecule has 0 fully saturated rings. The summed E-state index contributed by atoms with van der Waals surface area (Å²) in [6.07, 6.45) is 3.23. The van der Waals surface area contributed by atoms with Crippen LogP contribution >= 0.6 is 0 Å². The average molecular weight is 361 g/mol. The molecule has 0 bridgehead atoms. The number of hydrogen-bond donors (Lipinski definition) is 1. The Kier molecular flexibility index (Phi) is 7.09. The van der Waals surface area contributed by atoms with Gasteiger partial charge in [-0.1, -0.05) is 55.4 Å². The van der Waals surface area contributed by atoms with E-state index in [9.17, 15) is 9.90 Å². The molecule has 0 aromatic heterocycles. The Morgan fingerprint density at radius 3 is 1.81 bits per heavy atom. The van der Waals surface area contributed by atoms with E-state index in [1.165, 1.54) is 6.08 Å². The fourth-order valence-electron chi connectivity index (χ4n) is 2.71. The molecule has 0 saturated carbocycles. The third-order valence-electron chi connectivity index (χ3n) is 6.11. The second-order valence-electron chi connectivity index (χ2n) is 8.80. The maximum Gasteiger partial charge on any atom is 0.330 e. The molecule has 0 atom stereocenters. The number of hydrogen-bond acceptors (Lipinski definition) is 3. The monoisotopic (exact) mass is 360 g/mol. The highest BCUT2D eigenvalue weighted by atomic mass is 16.5. The lowest BCUT2D eigenvalue weighted by Gasteiger charge is -2.36. The Hall–Kier alpha value is -1.77. The molecule has 0 saturated heterocycles. The standard InChI is InChI=1S/C23H36O3/c1-10-26-20(24)12-11-17-13-18(22(6,7)15(2)3)21(25)19(14-17)23(8,9)16(4)5/h11-16,25H,10H2,1-9H3/b12-11+. The second kappa shape index (κ2) is 8.28. The molecule has 3 nitrogen and oxygen atoms in total. The van der Waals surface area contributed by atoms with Crippen molar-refractivity contribution in [2.45, 2.75) is 73.1 Å². The smallest absolute Gasteiger partial charge is 0.330 e. The number of phenolic OH excluding ortho intramolecular Hbond substituents is 1. The number of carbonyl (C=O) groups is 1. The summed E-state index contributed by atoms with van der Waals surface area (Å²) in [7, 11) is 0. The fourth-order valence-corrected chi connectivity index (χ4v) is 2.71. The highest BCUT2D eigenvalue weighted by Crippen LogP contribution is 2.45. The van der Waals surface area contributed by atoms with Gasteiger partial charge in [0.15, 0.2) is 0 Å². The second-order valence-corrected chi connectivity index (χ2v) is 8.80. The molecule has 0 heterocycles. The molecular formula is C23H36O3. The van der Waals surface area contributed by atoms with E-state index in [4.69, 9.17) is 4.74 Å². The van der Waals surface area contributed by atoms with Crippen molar-refractivity contribution in [3.05, 3.63) is 34.9 Å². The number of benzene rings is 1. The van der Waals surface area contributed by atoms with Crippen molar-refractivity contribution in [3.63, 3.8) is 0 Å². The first-order chi connectivity index (χ1) is 11.9. The van der Waals surface area contributed by atoms with Crippen LogP contribution in [0.15, 0.2) is 18.2 Å². The molecule has 0 aliphatic heterocycles. The molecule has 26 heavy (non-hydrogen) atoms. The van der Waals surface area contributed by atoms with Crippen LogP contribution in [0.25, 0.3) is 6.08 Å². The number of carbonyl (C=O) groups excluding carboxylic acids is 1. The Labute approximate surface area is 159 Å². The van der Waals surface area contributed by atoms with Gasteiger partial charge in [0.25, 0.3) is 0 Å². The molecule has 0 amide bonds. The van der Waals surface area contributed by atoms with Crippen LogP contribution in [0, 0.1) is 11.8 Å². The highest BCUT2D eigenvalue weighted by molar-refractivity contribution is 5.87. The van der Waals surface area contributed by atoms with Gasteiger partial charge in [0.1, 0.15) is 5.75 Å². The van der Waals surface area contributed by atoms with Crippen LogP contribution in [0.1, 0.15) is 79.0 Å². The Morgan fingerprint density at radius 2 is 1.46 bits per heavy atom. The molecule has 146 valence electrons. The maximum absolute atomic E-state index is 11.7. The molecular weight excluding hydrogens is 324 g/mol. The number of aromatic hydroxyl groups is 1. The van der Waals surface area contributed by atoms with Crippen LogP contribution in [-0.4, -0.2) is 17.7 Å². The van der Waals surface area contributed by atoms with Crippen molar-refractivity contribution in [1.82, 2.24) is 0 Å². The van der Waals surface area contributed by atoms with Crippen molar-refractivity contribution >= 4 is 12.0 Å². The molecule has 1 N–H and O–H groups in total. The van der Waals surface area contributed by atoms with Crippen LogP contribution in [0.5, 0.6) is 5.75 Å². The molecule has 0 aliphatic rings. The van der Waals surface area contributed by atoms with Crippen LogP contribution in [0.2, 0.25) is 0 Å². The van der Waals surface area contributed by atoms with Gasteiger partial charge in [0.2, 0.25) is 0 Å². The SMILES string of the molecule is CCOC(=O)/C=C/c1cc(C(C)(C)C(C)C)c(O)c(C(C)(C)C(C)C)c1. The molecule has 0 unspecified atom stereocenters. The third kappa shape index (κ3) is 4.69. The van der Waals surface area contributed by atoms with E-state index in [0.717, 1.165) is 16.7 Å². The van der Waals surface area contributed by atoms with E-state index < -0.39 is 0 Å². The van der Waals surface area contributed by atoms with E-state index in [-0.39, 0.29) is 16.8 Å².